The van der Waals surface area contributed by atoms with Crippen LogP contribution in [0.3, 0.4) is 0 Å². The molecule has 7 heteroatoms. The molecule has 4 nitrogen and oxygen atoms in total. The predicted octanol–water partition coefficient (Wildman–Crippen LogP) is 3.97. The smallest absolute Gasteiger partial charge is 0.179 e. The van der Waals surface area contributed by atoms with E-state index in [1.54, 1.807) is 0 Å². The van der Waals surface area contributed by atoms with Crippen LogP contribution in [-0.4, -0.2) is 15.5 Å². The Morgan fingerprint density at radius 3 is 2.76 bits per heavy atom. The number of halogens is 1. The third-order valence-electron chi connectivity index (χ3n) is 2.77. The molecule has 0 fully saturated rings. The summed E-state index contributed by atoms with van der Waals surface area (Å²) in [5.74, 6) is 0.749. The lowest BCUT2D eigenvalue weighted by Gasteiger charge is -2.09. The molecule has 0 amide bonds. The van der Waals surface area contributed by atoms with Crippen molar-refractivity contribution in [2.45, 2.75) is 6.54 Å². The van der Waals surface area contributed by atoms with E-state index < -0.39 is 0 Å². The maximum atomic E-state index is 5.99. The van der Waals surface area contributed by atoms with Crippen molar-refractivity contribution >= 4 is 38.2 Å². The fourth-order valence-corrected chi connectivity index (χ4v) is 3.77. The van der Waals surface area contributed by atoms with Gasteiger partial charge in [-0.1, -0.05) is 23.7 Å². The molecule has 108 valence electrons. The number of para-hydroxylation sites is 2. The van der Waals surface area contributed by atoms with Gasteiger partial charge in [-0.25, -0.2) is 4.99 Å². The van der Waals surface area contributed by atoms with Gasteiger partial charge in [0.05, 0.1) is 6.54 Å². The minimum absolute atomic E-state index is 0.437. The van der Waals surface area contributed by atoms with Crippen molar-refractivity contribution in [3.05, 3.63) is 58.6 Å². The number of rotatable bonds is 5. The van der Waals surface area contributed by atoms with Gasteiger partial charge in [-0.2, -0.15) is 4.37 Å². The van der Waals surface area contributed by atoms with Crippen molar-refractivity contribution in [2.75, 3.05) is 6.61 Å². The molecule has 1 aromatic carbocycles. The topological polar surface area (TPSA) is 39.4 Å². The van der Waals surface area contributed by atoms with Gasteiger partial charge in [-0.05, 0) is 34.6 Å². The maximum Gasteiger partial charge on any atom is 0.179 e. The highest BCUT2D eigenvalue weighted by molar-refractivity contribution is 7.66. The molecule has 2 aromatic heterocycles. The number of benzene rings is 1. The van der Waals surface area contributed by atoms with E-state index in [0.29, 0.717) is 16.4 Å². The monoisotopic (exact) mass is 337 g/mol. The van der Waals surface area contributed by atoms with Gasteiger partial charge in [0.1, 0.15) is 18.0 Å². The Morgan fingerprint density at radius 1 is 1.19 bits per heavy atom. The zero-order valence-corrected chi connectivity index (χ0v) is 13.4. The molecular formula is C14H12ClN3OS2. The molecule has 0 aliphatic heterocycles. The lowest BCUT2D eigenvalue weighted by atomic mass is 10.3. The van der Waals surface area contributed by atoms with E-state index in [0.717, 1.165) is 18.0 Å². The van der Waals surface area contributed by atoms with E-state index >= 15 is 0 Å². The maximum absolute atomic E-state index is 5.99. The van der Waals surface area contributed by atoms with Crippen LogP contribution in [0.15, 0.2) is 53.8 Å². The first-order valence-corrected chi connectivity index (χ1v) is 8.80. The Kier molecular flexibility index (Phi) is 4.69. The molecule has 0 saturated carbocycles. The van der Waals surface area contributed by atoms with Crippen LogP contribution in [0.2, 0.25) is 5.15 Å². The first kappa shape index (κ1) is 14.3. The summed E-state index contributed by atoms with van der Waals surface area (Å²) in [6, 6.07) is 11.7. The summed E-state index contributed by atoms with van der Waals surface area (Å²) in [4.78, 5) is 4.52. The van der Waals surface area contributed by atoms with E-state index in [4.69, 9.17) is 16.3 Å². The van der Waals surface area contributed by atoms with E-state index in [2.05, 4.69) is 13.9 Å². The lowest BCUT2D eigenvalue weighted by molar-refractivity contribution is 0.299. The fraction of sp³-hybridized carbons (Fsp3) is 0.143. The van der Waals surface area contributed by atoms with E-state index in [1.807, 2.05) is 48.8 Å². The van der Waals surface area contributed by atoms with Gasteiger partial charge in [0.25, 0.3) is 0 Å². The third kappa shape index (κ3) is 3.72. The fourth-order valence-electron chi connectivity index (χ4n) is 1.79. The first-order valence-electron chi connectivity index (χ1n) is 6.32. The number of ether oxygens (including phenoxy) is 1. The largest absolute Gasteiger partial charge is 0.489 e. The molecule has 2 heterocycles. The van der Waals surface area contributed by atoms with Gasteiger partial charge in [0.15, 0.2) is 9.82 Å². The molecule has 0 atom stereocenters. The Balaban J connectivity index is 1.75. The average molecular weight is 338 g/mol. The molecule has 21 heavy (non-hydrogen) atoms. The lowest BCUT2D eigenvalue weighted by Crippen LogP contribution is -2.06. The average Bonchev–Trinajstić information content (AvgIpc) is 3.14. The van der Waals surface area contributed by atoms with Crippen LogP contribution in [0, 0.1) is 0 Å². The highest BCUT2D eigenvalue weighted by Crippen LogP contribution is 2.27. The van der Waals surface area contributed by atoms with Gasteiger partial charge in [0, 0.05) is 22.9 Å². The summed E-state index contributed by atoms with van der Waals surface area (Å²) >= 11 is 5.99. The summed E-state index contributed by atoms with van der Waals surface area (Å²) in [5, 5.41) is 0.437. The Bertz CT molecular complexity index is 764. The van der Waals surface area contributed by atoms with Gasteiger partial charge in [-0.3, -0.25) is 0 Å². The van der Waals surface area contributed by atoms with Crippen LogP contribution in [0.1, 0.15) is 0 Å². The van der Waals surface area contributed by atoms with Gasteiger partial charge in [-0.15, -0.1) is 0 Å². The minimum atomic E-state index is 0.437. The van der Waals surface area contributed by atoms with Gasteiger partial charge < -0.3 is 9.30 Å². The molecular weight excluding hydrogens is 326 g/mol. The molecule has 0 aliphatic rings. The van der Waals surface area contributed by atoms with Crippen molar-refractivity contribution in [1.82, 2.24) is 8.94 Å². The zero-order chi connectivity index (χ0) is 14.5. The molecule has 0 N–H and O–H groups in total. The summed E-state index contributed by atoms with van der Waals surface area (Å²) in [5.41, 5.74) is 0.767. The Labute approximate surface area is 134 Å². The third-order valence-corrected chi connectivity index (χ3v) is 4.94. The molecule has 0 aliphatic carbocycles. The highest BCUT2D eigenvalue weighted by Gasteiger charge is 2.03. The van der Waals surface area contributed by atoms with Crippen molar-refractivity contribution in [2.24, 2.45) is 4.99 Å². The SMILES string of the molecule is Clc1nssc1=Nc1ccccc1OCCn1cccc1. The zero-order valence-electron chi connectivity index (χ0n) is 11.0. The molecule has 0 spiro atoms. The van der Waals surface area contributed by atoms with Crippen LogP contribution in [0.4, 0.5) is 5.69 Å². The number of nitrogens with zero attached hydrogens (tertiary/aromatic N) is 3. The van der Waals surface area contributed by atoms with E-state index in [-0.39, 0.29) is 0 Å². The Morgan fingerprint density at radius 2 is 2.00 bits per heavy atom. The molecule has 0 bridgehead atoms. The van der Waals surface area contributed by atoms with E-state index in [1.165, 1.54) is 20.9 Å². The van der Waals surface area contributed by atoms with E-state index in [9.17, 15) is 0 Å². The summed E-state index contributed by atoms with van der Waals surface area (Å²) in [6.07, 6.45) is 4.02. The van der Waals surface area contributed by atoms with Crippen LogP contribution >= 0.6 is 32.5 Å². The quantitative estimate of drug-likeness (QED) is 0.661. The Hall–Kier alpha value is -1.63. The van der Waals surface area contributed by atoms with Crippen molar-refractivity contribution in [3.8, 4) is 5.75 Å². The minimum Gasteiger partial charge on any atom is -0.489 e. The van der Waals surface area contributed by atoms with Crippen molar-refractivity contribution < 1.29 is 4.74 Å². The summed E-state index contributed by atoms with van der Waals surface area (Å²) in [6.45, 7) is 1.38. The molecule has 3 rings (SSSR count). The van der Waals surface area contributed by atoms with Gasteiger partial charge >= 0.3 is 0 Å². The first-order chi connectivity index (χ1) is 10.3. The second-order valence-corrected chi connectivity index (χ2v) is 6.38. The summed E-state index contributed by atoms with van der Waals surface area (Å²) in [7, 11) is 2.78. The van der Waals surface area contributed by atoms with Crippen LogP contribution < -0.4 is 9.41 Å². The standard InChI is InChI=1S/C14H12ClN3OS2/c15-13-14(20-21-17-13)16-11-5-1-2-6-12(11)19-10-9-18-7-3-4-8-18/h1-8H,9-10H2. The number of hydrogen-bond donors (Lipinski definition) is 0. The highest BCUT2D eigenvalue weighted by atomic mass is 35.5. The van der Waals surface area contributed by atoms with Crippen molar-refractivity contribution in [1.29, 1.82) is 0 Å². The molecule has 3 aromatic rings. The normalized spacial score (nSPS) is 11.8. The molecule has 0 saturated heterocycles. The van der Waals surface area contributed by atoms with Crippen LogP contribution in [0.5, 0.6) is 5.75 Å². The second kappa shape index (κ2) is 6.89. The van der Waals surface area contributed by atoms with Crippen LogP contribution in [0.25, 0.3) is 0 Å². The van der Waals surface area contributed by atoms with Crippen LogP contribution in [-0.2, 0) is 6.54 Å². The molecule has 0 radical (unpaired) electrons. The van der Waals surface area contributed by atoms with Gasteiger partial charge in [0.2, 0.25) is 0 Å². The van der Waals surface area contributed by atoms with Crippen molar-refractivity contribution in [3.63, 3.8) is 0 Å². The number of hydrogen-bond acceptors (Lipinski definition) is 5. The predicted molar refractivity (Wildman–Crippen MR) is 86.6 cm³/mol. The summed E-state index contributed by atoms with van der Waals surface area (Å²) < 4.78 is 12.6. The number of aromatic nitrogens is 2. The second-order valence-electron chi connectivity index (χ2n) is 4.19. The molecule has 0 unspecified atom stereocenters.